The molecule has 0 spiro atoms. The lowest BCUT2D eigenvalue weighted by Crippen LogP contribution is -2.75. The Morgan fingerprint density at radius 2 is 1.70 bits per heavy atom. The van der Waals surface area contributed by atoms with Crippen LogP contribution in [0.2, 0.25) is 0 Å². The number of aliphatic hydroxyl groups is 1. The number of aromatic nitrogens is 1. The quantitative estimate of drug-likeness (QED) is 0.847. The van der Waals surface area contributed by atoms with E-state index in [4.69, 9.17) is 0 Å². The van der Waals surface area contributed by atoms with Crippen LogP contribution in [0.3, 0.4) is 0 Å². The molecule has 0 radical (unpaired) electrons. The number of hydrogen-bond donors (Lipinski definition) is 1. The SMILES string of the molecule is Cc1nc2cc(CC[N+]34CC[N+](CCO)(CC3)CC4)ccc2s1. The molecular formula is C18H27N3OS+2. The van der Waals surface area contributed by atoms with E-state index in [2.05, 4.69) is 30.1 Å². The Balaban J connectivity index is 1.42. The highest BCUT2D eigenvalue weighted by Crippen LogP contribution is 2.28. The third-order valence-electron chi connectivity index (χ3n) is 6.15. The van der Waals surface area contributed by atoms with Crippen LogP contribution in [0.4, 0.5) is 0 Å². The lowest BCUT2D eigenvalue weighted by Gasteiger charge is -2.55. The second kappa shape index (κ2) is 5.81. The van der Waals surface area contributed by atoms with Gasteiger partial charge < -0.3 is 14.1 Å². The Morgan fingerprint density at radius 3 is 2.35 bits per heavy atom. The van der Waals surface area contributed by atoms with Crippen LogP contribution in [0.15, 0.2) is 18.2 Å². The molecule has 3 aliphatic heterocycles. The number of hydrogen-bond acceptors (Lipinski definition) is 3. The molecule has 2 aromatic rings. The van der Waals surface area contributed by atoms with Crippen molar-refractivity contribution in [1.29, 1.82) is 0 Å². The van der Waals surface area contributed by atoms with Crippen LogP contribution in [0.25, 0.3) is 10.2 Å². The first kappa shape index (κ1) is 15.5. The Morgan fingerprint density at radius 1 is 1.04 bits per heavy atom. The molecule has 3 saturated heterocycles. The maximum atomic E-state index is 9.31. The van der Waals surface area contributed by atoms with Crippen molar-refractivity contribution in [3.8, 4) is 0 Å². The first-order valence-electron chi connectivity index (χ1n) is 8.79. The first-order valence-corrected chi connectivity index (χ1v) is 9.61. The molecule has 2 bridgehead atoms. The fourth-order valence-corrected chi connectivity index (χ4v) is 5.24. The number of piperazine rings is 3. The fraction of sp³-hybridized carbons (Fsp3) is 0.611. The minimum Gasteiger partial charge on any atom is -0.391 e. The van der Waals surface area contributed by atoms with Crippen molar-refractivity contribution < 1.29 is 14.1 Å². The number of benzene rings is 1. The Kier molecular flexibility index (Phi) is 3.92. The van der Waals surface area contributed by atoms with E-state index in [0.29, 0.717) is 6.61 Å². The number of aliphatic hydroxyl groups excluding tert-OH is 1. The van der Waals surface area contributed by atoms with Crippen LogP contribution in [-0.4, -0.2) is 78.0 Å². The largest absolute Gasteiger partial charge is 0.391 e. The maximum absolute atomic E-state index is 9.31. The molecule has 0 unspecified atom stereocenters. The molecule has 1 aromatic heterocycles. The van der Waals surface area contributed by atoms with E-state index in [1.807, 2.05) is 0 Å². The predicted octanol–water partition coefficient (Wildman–Crippen LogP) is 1.80. The molecule has 3 fully saturated rings. The highest BCUT2D eigenvalue weighted by Gasteiger charge is 2.48. The molecule has 0 saturated carbocycles. The van der Waals surface area contributed by atoms with Gasteiger partial charge >= 0.3 is 0 Å². The van der Waals surface area contributed by atoms with Gasteiger partial charge in [-0.3, -0.25) is 0 Å². The van der Waals surface area contributed by atoms with Gasteiger partial charge in [0.2, 0.25) is 0 Å². The van der Waals surface area contributed by atoms with Gasteiger partial charge in [0, 0.05) is 6.42 Å². The number of rotatable bonds is 5. The van der Waals surface area contributed by atoms with E-state index >= 15 is 0 Å². The zero-order chi connectivity index (χ0) is 15.9. The highest BCUT2D eigenvalue weighted by molar-refractivity contribution is 7.18. The third kappa shape index (κ3) is 2.91. The van der Waals surface area contributed by atoms with Crippen molar-refractivity contribution in [2.45, 2.75) is 13.3 Å². The fourth-order valence-electron chi connectivity index (χ4n) is 4.44. The molecule has 124 valence electrons. The van der Waals surface area contributed by atoms with Crippen molar-refractivity contribution in [1.82, 2.24) is 4.98 Å². The average molecular weight is 334 g/mol. The van der Waals surface area contributed by atoms with Crippen molar-refractivity contribution in [2.75, 3.05) is 59.0 Å². The highest BCUT2D eigenvalue weighted by atomic mass is 32.1. The second-order valence-corrected chi connectivity index (χ2v) is 8.72. The molecule has 5 rings (SSSR count). The first-order chi connectivity index (χ1) is 11.1. The summed E-state index contributed by atoms with van der Waals surface area (Å²) in [6, 6.07) is 6.82. The lowest BCUT2D eigenvalue weighted by molar-refractivity contribution is -1.08. The molecule has 0 aliphatic carbocycles. The van der Waals surface area contributed by atoms with E-state index < -0.39 is 0 Å². The molecule has 5 heteroatoms. The molecule has 1 N–H and O–H groups in total. The van der Waals surface area contributed by atoms with Gasteiger partial charge in [0.25, 0.3) is 0 Å². The smallest absolute Gasteiger partial charge is 0.129 e. The standard InChI is InChI=1S/C18H27N3OS/c1-15-19-17-14-16(2-3-18(17)23-15)4-5-20-6-9-21(10-7-20,11-8-20)12-13-22/h2-3,14,22H,4-13H2,1H3/q+2. The van der Waals surface area contributed by atoms with Crippen molar-refractivity contribution in [3.63, 3.8) is 0 Å². The van der Waals surface area contributed by atoms with Crippen LogP contribution < -0.4 is 0 Å². The third-order valence-corrected chi connectivity index (χ3v) is 7.11. The van der Waals surface area contributed by atoms with Gasteiger partial charge in [-0.15, -0.1) is 11.3 Å². The van der Waals surface area contributed by atoms with E-state index in [9.17, 15) is 5.11 Å². The number of fused-ring (bicyclic) bond motifs is 4. The summed E-state index contributed by atoms with van der Waals surface area (Å²) in [5.41, 5.74) is 2.60. The normalized spacial score (nSPS) is 30.2. The van der Waals surface area contributed by atoms with Gasteiger partial charge in [0.1, 0.15) is 45.8 Å². The maximum Gasteiger partial charge on any atom is 0.129 e. The zero-order valence-electron chi connectivity index (χ0n) is 14.0. The second-order valence-electron chi connectivity index (χ2n) is 7.48. The summed E-state index contributed by atoms with van der Waals surface area (Å²) >= 11 is 1.78. The van der Waals surface area contributed by atoms with Crippen LogP contribution in [-0.2, 0) is 6.42 Å². The molecular weight excluding hydrogens is 306 g/mol. The number of quaternary nitrogens is 2. The van der Waals surface area contributed by atoms with E-state index in [0.717, 1.165) is 18.0 Å². The summed E-state index contributed by atoms with van der Waals surface area (Å²) < 4.78 is 3.76. The number of thiazole rings is 1. The topological polar surface area (TPSA) is 33.1 Å². The van der Waals surface area contributed by atoms with E-state index in [-0.39, 0.29) is 0 Å². The van der Waals surface area contributed by atoms with Gasteiger partial charge in [-0.1, -0.05) is 6.07 Å². The molecule has 3 aliphatic rings. The zero-order valence-corrected chi connectivity index (χ0v) is 14.8. The van der Waals surface area contributed by atoms with Gasteiger partial charge in [0.05, 0.1) is 28.4 Å². The summed E-state index contributed by atoms with van der Waals surface area (Å²) in [5, 5.41) is 10.5. The van der Waals surface area contributed by atoms with Crippen molar-refractivity contribution >= 4 is 21.6 Å². The Labute approximate surface area is 142 Å². The summed E-state index contributed by atoms with van der Waals surface area (Å²) in [4.78, 5) is 4.63. The summed E-state index contributed by atoms with van der Waals surface area (Å²) in [6.45, 7) is 12.3. The summed E-state index contributed by atoms with van der Waals surface area (Å²) in [6.07, 6.45) is 1.16. The van der Waals surface area contributed by atoms with Crippen LogP contribution in [0.5, 0.6) is 0 Å². The van der Waals surface area contributed by atoms with Crippen LogP contribution in [0, 0.1) is 6.92 Å². The summed E-state index contributed by atoms with van der Waals surface area (Å²) in [7, 11) is 0. The molecule has 0 atom stereocenters. The van der Waals surface area contributed by atoms with E-state index in [1.54, 1.807) is 11.3 Å². The lowest BCUT2D eigenvalue weighted by atomic mass is 10.0. The number of aryl methyl sites for hydroxylation is 1. The van der Waals surface area contributed by atoms with Crippen molar-refractivity contribution in [3.05, 3.63) is 28.8 Å². The molecule has 4 heterocycles. The van der Waals surface area contributed by atoms with Gasteiger partial charge in [-0.2, -0.15) is 0 Å². The molecule has 4 nitrogen and oxygen atoms in total. The Bertz CT molecular complexity index is 687. The summed E-state index contributed by atoms with van der Waals surface area (Å²) in [5.74, 6) is 0. The van der Waals surface area contributed by atoms with Crippen molar-refractivity contribution in [2.24, 2.45) is 0 Å². The van der Waals surface area contributed by atoms with Crippen LogP contribution >= 0.6 is 11.3 Å². The molecule has 0 amide bonds. The Hall–Kier alpha value is -1.01. The van der Waals surface area contributed by atoms with Gasteiger partial charge in [0.15, 0.2) is 0 Å². The average Bonchev–Trinajstić information content (AvgIpc) is 2.94. The van der Waals surface area contributed by atoms with Crippen LogP contribution in [0.1, 0.15) is 10.6 Å². The monoisotopic (exact) mass is 333 g/mol. The minimum atomic E-state index is 0.340. The minimum absolute atomic E-state index is 0.340. The van der Waals surface area contributed by atoms with Gasteiger partial charge in [-0.25, -0.2) is 4.98 Å². The van der Waals surface area contributed by atoms with E-state index in [1.165, 1.54) is 70.6 Å². The van der Waals surface area contributed by atoms with Gasteiger partial charge in [-0.05, 0) is 24.6 Å². The molecule has 23 heavy (non-hydrogen) atoms. The predicted molar refractivity (Wildman–Crippen MR) is 94.6 cm³/mol. The number of nitrogens with zero attached hydrogens (tertiary/aromatic N) is 3. The molecule has 1 aromatic carbocycles.